The van der Waals surface area contributed by atoms with Gasteiger partial charge in [0.25, 0.3) is 0 Å². The maximum atomic E-state index is 13.6. The van der Waals surface area contributed by atoms with Crippen LogP contribution in [0.1, 0.15) is 22.9 Å². The van der Waals surface area contributed by atoms with Crippen molar-refractivity contribution in [2.24, 2.45) is 0 Å². The molecule has 2 rings (SSSR count). The van der Waals surface area contributed by atoms with Crippen molar-refractivity contribution in [1.29, 1.82) is 0 Å². The van der Waals surface area contributed by atoms with Gasteiger partial charge in [0.15, 0.2) is 0 Å². The van der Waals surface area contributed by atoms with Crippen molar-refractivity contribution >= 4 is 15.9 Å². The fraction of sp³-hybridized carbons (Fsp3) is 0.154. The van der Waals surface area contributed by atoms with Gasteiger partial charge in [-0.1, -0.05) is 22.0 Å². The largest absolute Gasteiger partial charge is 0.383 e. The number of halogens is 2. The van der Waals surface area contributed by atoms with Crippen LogP contribution in [0, 0.1) is 12.7 Å². The van der Waals surface area contributed by atoms with Gasteiger partial charge >= 0.3 is 0 Å². The normalized spacial score (nSPS) is 12.5. The van der Waals surface area contributed by atoms with E-state index in [2.05, 4.69) is 20.9 Å². The number of hydrogen-bond donors (Lipinski definition) is 1. The molecule has 1 aromatic carbocycles. The van der Waals surface area contributed by atoms with Crippen molar-refractivity contribution in [2.75, 3.05) is 0 Å². The van der Waals surface area contributed by atoms with E-state index in [1.807, 2.05) is 0 Å². The molecule has 1 aromatic heterocycles. The summed E-state index contributed by atoms with van der Waals surface area (Å²) in [7, 11) is 0. The number of aliphatic hydroxyl groups excluding tert-OH is 1. The van der Waals surface area contributed by atoms with Gasteiger partial charge in [-0.25, -0.2) is 4.39 Å². The highest BCUT2D eigenvalue weighted by molar-refractivity contribution is 9.10. The summed E-state index contributed by atoms with van der Waals surface area (Å²) in [5.41, 5.74) is 1.55. The van der Waals surface area contributed by atoms with Crippen LogP contribution in [0.4, 0.5) is 4.39 Å². The summed E-state index contributed by atoms with van der Waals surface area (Å²) in [6, 6.07) is 7.97. The number of aromatic nitrogens is 1. The molecule has 1 unspecified atom stereocenters. The molecule has 88 valence electrons. The molecule has 4 heteroatoms. The number of rotatable bonds is 2. The highest BCUT2D eigenvalue weighted by atomic mass is 79.9. The van der Waals surface area contributed by atoms with Crippen LogP contribution < -0.4 is 0 Å². The molecular weight excluding hydrogens is 285 g/mol. The topological polar surface area (TPSA) is 33.1 Å². The SMILES string of the molecule is Cc1ncccc1C(O)c1cc(Br)ccc1F. The Labute approximate surface area is 107 Å². The lowest BCUT2D eigenvalue weighted by molar-refractivity contribution is 0.213. The number of pyridine rings is 1. The Balaban J connectivity index is 2.47. The van der Waals surface area contributed by atoms with E-state index < -0.39 is 11.9 Å². The van der Waals surface area contributed by atoms with Gasteiger partial charge < -0.3 is 5.11 Å². The first kappa shape index (κ1) is 12.2. The molecule has 17 heavy (non-hydrogen) atoms. The zero-order chi connectivity index (χ0) is 12.4. The van der Waals surface area contributed by atoms with Crippen molar-refractivity contribution < 1.29 is 9.50 Å². The predicted octanol–water partition coefficient (Wildman–Crippen LogP) is 3.37. The standard InChI is InChI=1S/C13H11BrFNO/c1-8-10(3-2-6-16-8)13(17)11-7-9(14)4-5-12(11)15/h2-7,13,17H,1H3. The van der Waals surface area contributed by atoms with Gasteiger partial charge in [-0.3, -0.25) is 4.98 Å². The average Bonchev–Trinajstić information content (AvgIpc) is 2.32. The molecular formula is C13H11BrFNO. The smallest absolute Gasteiger partial charge is 0.129 e. The van der Waals surface area contributed by atoms with Crippen molar-refractivity contribution in [2.45, 2.75) is 13.0 Å². The van der Waals surface area contributed by atoms with Crippen LogP contribution in [0.3, 0.4) is 0 Å². The van der Waals surface area contributed by atoms with E-state index in [0.29, 0.717) is 11.3 Å². The van der Waals surface area contributed by atoms with E-state index in [0.717, 1.165) is 4.47 Å². The molecule has 1 heterocycles. The Hall–Kier alpha value is -1.26. The van der Waals surface area contributed by atoms with E-state index in [1.165, 1.54) is 6.07 Å². The zero-order valence-corrected chi connectivity index (χ0v) is 10.8. The van der Waals surface area contributed by atoms with E-state index in [1.54, 1.807) is 37.4 Å². The summed E-state index contributed by atoms with van der Waals surface area (Å²) in [6.07, 6.45) is 0.643. The summed E-state index contributed by atoms with van der Waals surface area (Å²) >= 11 is 3.26. The lowest BCUT2D eigenvalue weighted by Gasteiger charge is -2.14. The van der Waals surface area contributed by atoms with Crippen LogP contribution in [0.5, 0.6) is 0 Å². The van der Waals surface area contributed by atoms with Crippen molar-refractivity contribution in [3.05, 3.63) is 63.6 Å². The third-order valence-electron chi connectivity index (χ3n) is 2.60. The van der Waals surface area contributed by atoms with E-state index in [4.69, 9.17) is 0 Å². The van der Waals surface area contributed by atoms with Crippen LogP contribution >= 0.6 is 15.9 Å². The molecule has 0 aliphatic carbocycles. The molecule has 0 radical (unpaired) electrons. The molecule has 0 bridgehead atoms. The number of aliphatic hydroxyl groups is 1. The Morgan fingerprint density at radius 3 is 2.76 bits per heavy atom. The summed E-state index contributed by atoms with van der Waals surface area (Å²) in [5.74, 6) is -0.427. The van der Waals surface area contributed by atoms with E-state index in [-0.39, 0.29) is 5.56 Å². The molecule has 0 saturated carbocycles. The van der Waals surface area contributed by atoms with Crippen molar-refractivity contribution in [1.82, 2.24) is 4.98 Å². The molecule has 0 fully saturated rings. The Morgan fingerprint density at radius 2 is 2.06 bits per heavy atom. The first-order chi connectivity index (χ1) is 8.09. The second kappa shape index (κ2) is 4.94. The summed E-state index contributed by atoms with van der Waals surface area (Å²) in [6.45, 7) is 1.79. The highest BCUT2D eigenvalue weighted by Crippen LogP contribution is 2.27. The molecule has 1 atom stereocenters. The number of aryl methyl sites for hydroxylation is 1. The van der Waals surface area contributed by atoms with Crippen LogP contribution in [0.15, 0.2) is 41.0 Å². The fourth-order valence-electron chi connectivity index (χ4n) is 1.68. The van der Waals surface area contributed by atoms with Gasteiger partial charge in [-0.15, -0.1) is 0 Å². The van der Waals surface area contributed by atoms with E-state index >= 15 is 0 Å². The van der Waals surface area contributed by atoms with E-state index in [9.17, 15) is 9.50 Å². The fourth-order valence-corrected chi connectivity index (χ4v) is 2.06. The quantitative estimate of drug-likeness (QED) is 0.921. The van der Waals surface area contributed by atoms with Gasteiger partial charge in [0.2, 0.25) is 0 Å². The minimum Gasteiger partial charge on any atom is -0.383 e. The summed E-state index contributed by atoms with van der Waals surface area (Å²) in [5, 5.41) is 10.2. The second-order valence-electron chi connectivity index (χ2n) is 3.75. The Bertz CT molecular complexity index is 545. The van der Waals surface area contributed by atoms with Crippen LogP contribution in [-0.4, -0.2) is 10.1 Å². The summed E-state index contributed by atoms with van der Waals surface area (Å²) in [4.78, 5) is 4.08. The number of nitrogens with zero attached hydrogens (tertiary/aromatic N) is 1. The zero-order valence-electron chi connectivity index (χ0n) is 9.19. The van der Waals surface area contributed by atoms with Crippen molar-refractivity contribution in [3.8, 4) is 0 Å². The first-order valence-electron chi connectivity index (χ1n) is 5.14. The molecule has 0 saturated heterocycles. The van der Waals surface area contributed by atoms with Crippen LogP contribution in [0.25, 0.3) is 0 Å². The molecule has 0 aliphatic rings. The molecule has 0 aliphatic heterocycles. The van der Waals surface area contributed by atoms with Gasteiger partial charge in [0.1, 0.15) is 11.9 Å². The molecule has 2 nitrogen and oxygen atoms in total. The Morgan fingerprint density at radius 1 is 1.29 bits per heavy atom. The maximum Gasteiger partial charge on any atom is 0.129 e. The van der Waals surface area contributed by atoms with Gasteiger partial charge in [-0.2, -0.15) is 0 Å². The van der Waals surface area contributed by atoms with Gasteiger partial charge in [0, 0.05) is 27.5 Å². The third kappa shape index (κ3) is 2.53. The molecule has 1 N–H and O–H groups in total. The average molecular weight is 296 g/mol. The highest BCUT2D eigenvalue weighted by Gasteiger charge is 2.17. The second-order valence-corrected chi connectivity index (χ2v) is 4.66. The lowest BCUT2D eigenvalue weighted by atomic mass is 10.0. The molecule has 0 spiro atoms. The van der Waals surface area contributed by atoms with Crippen LogP contribution in [-0.2, 0) is 0 Å². The van der Waals surface area contributed by atoms with Gasteiger partial charge in [0.05, 0.1) is 0 Å². The predicted molar refractivity (Wildman–Crippen MR) is 67.1 cm³/mol. The third-order valence-corrected chi connectivity index (χ3v) is 3.09. The number of benzene rings is 1. The van der Waals surface area contributed by atoms with Crippen molar-refractivity contribution in [3.63, 3.8) is 0 Å². The molecule has 0 amide bonds. The monoisotopic (exact) mass is 295 g/mol. The minimum absolute atomic E-state index is 0.246. The molecule has 2 aromatic rings. The Kier molecular flexibility index (Phi) is 3.54. The van der Waals surface area contributed by atoms with Crippen LogP contribution in [0.2, 0.25) is 0 Å². The number of hydrogen-bond acceptors (Lipinski definition) is 2. The first-order valence-corrected chi connectivity index (χ1v) is 5.93. The minimum atomic E-state index is -0.999. The lowest BCUT2D eigenvalue weighted by Crippen LogP contribution is -2.05. The summed E-state index contributed by atoms with van der Waals surface area (Å²) < 4.78 is 14.4. The maximum absolute atomic E-state index is 13.6. The van der Waals surface area contributed by atoms with Gasteiger partial charge in [-0.05, 0) is 31.2 Å².